The molecule has 0 aromatic carbocycles. The van der Waals surface area contributed by atoms with Gasteiger partial charge in [0, 0.05) is 16.0 Å². The van der Waals surface area contributed by atoms with Crippen LogP contribution in [-0.4, -0.2) is 140 Å². The van der Waals surface area contributed by atoms with Gasteiger partial charge in [0.1, 0.15) is 48.8 Å². The fourth-order valence-electron chi connectivity index (χ4n) is 8.78. The molecule has 0 aromatic rings. The summed E-state index contributed by atoms with van der Waals surface area (Å²) >= 11 is 0. The van der Waals surface area contributed by atoms with Crippen LogP contribution in [0.2, 0.25) is 0 Å². The zero-order chi connectivity index (χ0) is 55.7. The Labute approximate surface area is 421 Å². The van der Waals surface area contributed by atoms with Crippen LogP contribution >= 0.6 is 0 Å². The molecular weight excluding hydrogens is 871 g/mol. The summed E-state index contributed by atoms with van der Waals surface area (Å²) < 4.78 is 76.1. The van der Waals surface area contributed by atoms with Gasteiger partial charge in [0.2, 0.25) is 5.91 Å². The van der Waals surface area contributed by atoms with Crippen molar-refractivity contribution in [1.29, 1.82) is 0 Å². The van der Waals surface area contributed by atoms with Gasteiger partial charge in [0.15, 0.2) is 12.6 Å². The molecule has 12 atom stereocenters. The van der Waals surface area contributed by atoms with E-state index < -0.39 is 106 Å². The molecular formula is C54H101NO13. The van der Waals surface area contributed by atoms with Gasteiger partial charge < -0.3 is 65.1 Å². The molecule has 2 fully saturated rings. The summed E-state index contributed by atoms with van der Waals surface area (Å²) in [6.45, 7) is -2.64. The van der Waals surface area contributed by atoms with E-state index in [4.69, 9.17) is 28.5 Å². The van der Waals surface area contributed by atoms with Crippen LogP contribution < -0.4 is 5.32 Å². The first-order chi connectivity index (χ1) is 35.7. The monoisotopic (exact) mass is 979 g/mol. The minimum Gasteiger partial charge on any atom is -0.394 e. The topological polar surface area (TPSA) is 228 Å². The van der Waals surface area contributed by atoms with Crippen molar-refractivity contribution in [1.82, 2.24) is 5.32 Å². The number of unbranched alkanes of at least 4 members (excludes halogenated alkanes) is 25. The third kappa shape index (κ3) is 27.3. The van der Waals surface area contributed by atoms with Gasteiger partial charge in [-0.05, 0) is 44.9 Å². The molecule has 68 heavy (non-hydrogen) atoms. The molecule has 0 aliphatic carbocycles. The van der Waals surface area contributed by atoms with Gasteiger partial charge in [-0.2, -0.15) is 0 Å². The molecule has 2 aliphatic rings. The van der Waals surface area contributed by atoms with Crippen LogP contribution in [0.5, 0.6) is 0 Å². The van der Waals surface area contributed by atoms with Crippen molar-refractivity contribution in [2.45, 2.75) is 293 Å². The summed E-state index contributed by atoms with van der Waals surface area (Å²) in [4.78, 5) is 13.2. The number of amides is 1. The Kier molecular flexibility index (Phi) is 31.0. The molecule has 2 rings (SSSR count). The highest BCUT2D eigenvalue weighted by atomic mass is 16.7. The van der Waals surface area contributed by atoms with E-state index in [1.807, 2.05) is 6.08 Å². The van der Waals surface area contributed by atoms with E-state index in [1.165, 1.54) is 89.9 Å². The molecule has 0 saturated carbocycles. The number of ether oxygens (including phenoxy) is 4. The molecule has 0 aromatic heterocycles. The summed E-state index contributed by atoms with van der Waals surface area (Å²) in [5.41, 5.74) is 0. The average molecular weight is 979 g/mol. The van der Waals surface area contributed by atoms with Crippen LogP contribution in [0.3, 0.4) is 0 Å². The van der Waals surface area contributed by atoms with Crippen molar-refractivity contribution in [2.75, 3.05) is 19.8 Å². The number of carbonyl (C=O) groups is 1. The lowest BCUT2D eigenvalue weighted by molar-refractivity contribution is -0.359. The highest BCUT2D eigenvalue weighted by Crippen LogP contribution is 2.30. The summed E-state index contributed by atoms with van der Waals surface area (Å²) in [5, 5.41) is 86.9. The zero-order valence-corrected chi connectivity index (χ0v) is 41.7. The summed E-state index contributed by atoms with van der Waals surface area (Å²) in [6.07, 6.45) is 15.1. The van der Waals surface area contributed by atoms with E-state index in [-0.39, 0.29) is 25.4 Å². The molecule has 2 saturated heterocycles. The third-order valence-corrected chi connectivity index (χ3v) is 13.2. The molecule has 0 radical (unpaired) electrons. The molecule has 0 unspecified atom stereocenters. The normalized spacial score (nSPS) is 28.6. The van der Waals surface area contributed by atoms with E-state index in [0.29, 0.717) is 25.7 Å². The van der Waals surface area contributed by atoms with Gasteiger partial charge in [0.25, 0.3) is 0 Å². The molecule has 14 heteroatoms. The van der Waals surface area contributed by atoms with Crippen LogP contribution in [-0.2, 0) is 23.7 Å². The van der Waals surface area contributed by atoms with Gasteiger partial charge >= 0.3 is 0 Å². The molecule has 0 bridgehead atoms. The Morgan fingerprint density at radius 1 is 0.603 bits per heavy atom. The second kappa shape index (κ2) is 41.0. The molecule has 400 valence electrons. The molecule has 0 spiro atoms. The molecule has 14 nitrogen and oxygen atoms in total. The number of hydrogen-bond donors (Lipinski definition) is 9. The smallest absolute Gasteiger partial charge is 0.220 e. The fourth-order valence-corrected chi connectivity index (χ4v) is 8.78. The lowest BCUT2D eigenvalue weighted by Crippen LogP contribution is -2.65. The standard InChI is InChI=1S/C54H101NO13/c1-3-5-7-9-11-13-15-17-18-19-20-21-22-23-24-26-28-30-32-34-36-38-46(59)55-42(43(58)37-35-33-31-29-27-25-16-14-12-10-8-6-4-2)41-65-53-51(64)49(62)52(45(40-57)67-53)68-54-50(63)48(61)47(60)44(39-56)66-54/h17-18,35,37,42-45,47-54,56-58,60-64H,3-16,19-34,36,38-41H2,1-2H3,(H,55,59)/b18-17-,37-35+/t42-,43+,44+,45+,47-,48-,49+,50+,51+,52+,53+,54-/m0/s1/i2D3,4D2,6D2. The first-order valence-electron chi connectivity index (χ1n) is 30.2. The van der Waals surface area contributed by atoms with Gasteiger partial charge in [-0.3, -0.25) is 4.79 Å². The average Bonchev–Trinajstić information content (AvgIpc) is 3.37. The van der Waals surface area contributed by atoms with Crippen molar-refractivity contribution < 1.29 is 74.2 Å². The third-order valence-electron chi connectivity index (χ3n) is 13.2. The van der Waals surface area contributed by atoms with Gasteiger partial charge in [-0.1, -0.05) is 192 Å². The van der Waals surface area contributed by atoms with Gasteiger partial charge in [-0.15, -0.1) is 0 Å². The first kappa shape index (κ1) is 51.4. The number of hydrogen-bond acceptors (Lipinski definition) is 13. The summed E-state index contributed by atoms with van der Waals surface area (Å²) in [6, 6.07) is -0.994. The summed E-state index contributed by atoms with van der Waals surface area (Å²) in [5.74, 6) is -0.300. The van der Waals surface area contributed by atoms with E-state index in [0.717, 1.165) is 64.2 Å². The van der Waals surface area contributed by atoms with E-state index in [1.54, 1.807) is 6.08 Å². The van der Waals surface area contributed by atoms with Crippen molar-refractivity contribution >= 4 is 5.91 Å². The van der Waals surface area contributed by atoms with Crippen molar-refractivity contribution in [3.05, 3.63) is 24.3 Å². The maximum atomic E-state index is 13.2. The van der Waals surface area contributed by atoms with Crippen molar-refractivity contribution in [3.63, 3.8) is 0 Å². The van der Waals surface area contributed by atoms with Gasteiger partial charge in [-0.25, -0.2) is 0 Å². The number of aliphatic hydroxyl groups excluding tert-OH is 8. The minimum atomic E-state index is -3.04. The Morgan fingerprint density at radius 2 is 1.07 bits per heavy atom. The van der Waals surface area contributed by atoms with Crippen LogP contribution in [0, 0.1) is 0 Å². The predicted octanol–water partition coefficient (Wildman–Crippen LogP) is 8.11. The SMILES string of the molecule is [2H]C([2H])([2H])C([2H])([2H])C([2H])([2H])CCCCCCCCCC/C=C/[C@@H](O)[C@H](CO[C@@H]1O[C@H](CO)[C@@H](O[C@@H]2O[C@H](CO)[C@H](O)[C@H](O)[C@H]2O)[C@H](O)[C@H]1O)NC(=O)CCCCCCCCCCCCC/C=C\CCCCCCCC. The molecule has 2 aliphatic heterocycles. The Balaban J connectivity index is 1.82. The maximum absolute atomic E-state index is 13.2. The number of rotatable bonds is 43. The van der Waals surface area contributed by atoms with E-state index in [9.17, 15) is 45.6 Å². The second-order valence-corrected chi connectivity index (χ2v) is 19.1. The number of carbonyl (C=O) groups excluding carboxylic acids is 1. The first-order valence-corrected chi connectivity index (χ1v) is 26.7. The van der Waals surface area contributed by atoms with Gasteiger partial charge in [0.05, 0.1) is 32.0 Å². The highest BCUT2D eigenvalue weighted by Gasteiger charge is 2.51. The molecule has 2 heterocycles. The highest BCUT2D eigenvalue weighted by molar-refractivity contribution is 5.76. The van der Waals surface area contributed by atoms with Crippen LogP contribution in [0.25, 0.3) is 0 Å². The van der Waals surface area contributed by atoms with Crippen molar-refractivity contribution in [2.24, 2.45) is 0 Å². The van der Waals surface area contributed by atoms with Crippen LogP contribution in [0.15, 0.2) is 24.3 Å². The lowest BCUT2D eigenvalue weighted by Gasteiger charge is -2.46. The largest absolute Gasteiger partial charge is 0.394 e. The Bertz CT molecular complexity index is 1510. The molecule has 9 N–H and O–H groups in total. The number of aliphatic hydroxyl groups is 8. The second-order valence-electron chi connectivity index (χ2n) is 19.1. The minimum absolute atomic E-state index is 0.164. The quantitative estimate of drug-likeness (QED) is 0.0208. The predicted molar refractivity (Wildman–Crippen MR) is 268 cm³/mol. The zero-order valence-electron chi connectivity index (χ0n) is 48.7. The summed E-state index contributed by atoms with van der Waals surface area (Å²) in [7, 11) is 0. The van der Waals surface area contributed by atoms with E-state index in [2.05, 4.69) is 24.4 Å². The van der Waals surface area contributed by atoms with E-state index >= 15 is 0 Å². The number of allylic oxidation sites excluding steroid dienone is 3. The maximum Gasteiger partial charge on any atom is 0.220 e. The molecule has 1 amide bonds. The Hall–Kier alpha value is -1.53. The van der Waals surface area contributed by atoms with Crippen LogP contribution in [0.1, 0.15) is 229 Å². The van der Waals surface area contributed by atoms with Crippen LogP contribution in [0.4, 0.5) is 0 Å². The Morgan fingerprint density at radius 3 is 1.60 bits per heavy atom. The van der Waals surface area contributed by atoms with Crippen molar-refractivity contribution in [3.8, 4) is 0 Å². The fraction of sp³-hybridized carbons (Fsp3) is 0.907. The number of nitrogens with one attached hydrogen (secondary N) is 1. The lowest BCUT2D eigenvalue weighted by atomic mass is 9.97.